The molecule has 1 amide bonds. The van der Waals surface area contributed by atoms with Crippen molar-refractivity contribution in [1.82, 2.24) is 14.8 Å². The van der Waals surface area contributed by atoms with Crippen LogP contribution in [0.3, 0.4) is 0 Å². The number of aromatic nitrogens is 1. The van der Waals surface area contributed by atoms with E-state index in [1.807, 2.05) is 6.92 Å². The molecular formula is C18H27N3OS. The van der Waals surface area contributed by atoms with E-state index in [2.05, 4.69) is 20.2 Å². The first kappa shape index (κ1) is 15.6. The zero-order chi connectivity index (χ0) is 15.9. The van der Waals surface area contributed by atoms with Crippen LogP contribution < -0.4 is 0 Å². The highest BCUT2D eigenvalue weighted by Gasteiger charge is 2.46. The minimum atomic E-state index is 0.104. The van der Waals surface area contributed by atoms with E-state index in [1.165, 1.54) is 38.8 Å². The average Bonchev–Trinajstić information content (AvgIpc) is 3.23. The number of carbonyl (C=O) groups excluding carboxylic acids is 1. The molecule has 3 heterocycles. The summed E-state index contributed by atoms with van der Waals surface area (Å²) in [4.78, 5) is 22.0. The van der Waals surface area contributed by atoms with Crippen molar-refractivity contribution < 1.29 is 4.79 Å². The lowest BCUT2D eigenvalue weighted by Gasteiger charge is -2.38. The van der Waals surface area contributed by atoms with Gasteiger partial charge in [0.2, 0.25) is 5.91 Å². The van der Waals surface area contributed by atoms with Gasteiger partial charge in [0.25, 0.3) is 0 Å². The van der Waals surface area contributed by atoms with Crippen LogP contribution >= 0.6 is 11.3 Å². The van der Waals surface area contributed by atoms with Crippen molar-refractivity contribution >= 4 is 17.2 Å². The first-order chi connectivity index (χ1) is 11.1. The van der Waals surface area contributed by atoms with Gasteiger partial charge in [-0.15, -0.1) is 11.3 Å². The number of hydrogen-bond acceptors (Lipinski definition) is 4. The van der Waals surface area contributed by atoms with Crippen LogP contribution in [0.2, 0.25) is 0 Å². The van der Waals surface area contributed by atoms with Gasteiger partial charge in [0, 0.05) is 30.4 Å². The zero-order valence-electron chi connectivity index (χ0n) is 14.1. The summed E-state index contributed by atoms with van der Waals surface area (Å²) in [6, 6.07) is 0. The third-order valence-electron chi connectivity index (χ3n) is 5.89. The predicted octanol–water partition coefficient (Wildman–Crippen LogP) is 3.21. The molecule has 1 spiro atoms. The molecule has 0 bridgehead atoms. The van der Waals surface area contributed by atoms with Gasteiger partial charge in [-0.25, -0.2) is 4.98 Å². The fourth-order valence-electron chi connectivity index (χ4n) is 4.38. The van der Waals surface area contributed by atoms with Gasteiger partial charge in [0.05, 0.1) is 17.2 Å². The normalized spacial score (nSPS) is 29.4. The van der Waals surface area contributed by atoms with Crippen molar-refractivity contribution in [1.29, 1.82) is 0 Å². The second-order valence-electron chi connectivity index (χ2n) is 7.66. The Balaban J connectivity index is 1.47. The largest absolute Gasteiger partial charge is 0.331 e. The minimum absolute atomic E-state index is 0.104. The lowest BCUT2D eigenvalue weighted by Crippen LogP contribution is -2.46. The fraction of sp³-hybridized carbons (Fsp3) is 0.778. The summed E-state index contributed by atoms with van der Waals surface area (Å²) in [5.41, 5.74) is 1.17. The Morgan fingerprint density at radius 3 is 2.91 bits per heavy atom. The van der Waals surface area contributed by atoms with Gasteiger partial charge in [-0.3, -0.25) is 4.79 Å². The van der Waals surface area contributed by atoms with Gasteiger partial charge in [0.1, 0.15) is 0 Å². The van der Waals surface area contributed by atoms with Gasteiger partial charge >= 0.3 is 0 Å². The molecule has 5 heteroatoms. The zero-order valence-corrected chi connectivity index (χ0v) is 14.9. The van der Waals surface area contributed by atoms with E-state index in [1.54, 1.807) is 11.3 Å². The van der Waals surface area contributed by atoms with Crippen LogP contribution in [0.15, 0.2) is 5.38 Å². The minimum Gasteiger partial charge on any atom is -0.331 e. The topological polar surface area (TPSA) is 36.4 Å². The van der Waals surface area contributed by atoms with Crippen molar-refractivity contribution in [2.75, 3.05) is 19.6 Å². The average molecular weight is 334 g/mol. The van der Waals surface area contributed by atoms with E-state index >= 15 is 0 Å². The highest BCUT2D eigenvalue weighted by Crippen LogP contribution is 2.41. The molecule has 4 rings (SSSR count). The first-order valence-corrected chi connectivity index (χ1v) is 9.96. The van der Waals surface area contributed by atoms with E-state index in [0.29, 0.717) is 12.5 Å². The van der Waals surface area contributed by atoms with Crippen molar-refractivity contribution in [3.63, 3.8) is 0 Å². The molecule has 0 radical (unpaired) electrons. The summed E-state index contributed by atoms with van der Waals surface area (Å²) < 4.78 is 0. The Morgan fingerprint density at radius 1 is 1.30 bits per heavy atom. The number of amides is 1. The van der Waals surface area contributed by atoms with Crippen LogP contribution in [-0.4, -0.2) is 45.9 Å². The summed E-state index contributed by atoms with van der Waals surface area (Å²) in [5, 5.41) is 3.21. The Labute approximate surface area is 142 Å². The van der Waals surface area contributed by atoms with E-state index in [0.717, 1.165) is 42.4 Å². The standard InChI is InChI=1S/C18H27N3OS/c1-14-19-16(13-23-14)12-21-17(22)5-7-18(21)6-2-9-20(10-8-18)11-15-3-4-15/h13,15H,2-12H2,1H3. The maximum Gasteiger partial charge on any atom is 0.223 e. The first-order valence-electron chi connectivity index (χ1n) is 9.08. The summed E-state index contributed by atoms with van der Waals surface area (Å²) in [7, 11) is 0. The summed E-state index contributed by atoms with van der Waals surface area (Å²) in [6.07, 6.45) is 8.17. The molecule has 0 N–H and O–H groups in total. The number of carbonyl (C=O) groups is 1. The molecule has 1 aliphatic carbocycles. The van der Waals surface area contributed by atoms with Crippen LogP contribution in [0, 0.1) is 12.8 Å². The molecule has 2 saturated heterocycles. The lowest BCUT2D eigenvalue weighted by atomic mass is 9.87. The molecule has 0 aromatic carbocycles. The van der Waals surface area contributed by atoms with Crippen LogP contribution in [-0.2, 0) is 11.3 Å². The maximum atomic E-state index is 12.5. The molecule has 2 aliphatic heterocycles. The Kier molecular flexibility index (Phi) is 4.18. The number of thiazole rings is 1. The third-order valence-corrected chi connectivity index (χ3v) is 6.71. The molecule has 1 unspecified atom stereocenters. The molecule has 126 valence electrons. The van der Waals surface area contributed by atoms with Gasteiger partial charge in [-0.2, -0.15) is 0 Å². The van der Waals surface area contributed by atoms with E-state index < -0.39 is 0 Å². The lowest BCUT2D eigenvalue weighted by molar-refractivity contribution is -0.132. The Hall–Kier alpha value is -0.940. The second kappa shape index (κ2) is 6.17. The molecule has 1 aromatic heterocycles. The van der Waals surface area contributed by atoms with Crippen LogP contribution in [0.1, 0.15) is 55.6 Å². The van der Waals surface area contributed by atoms with Gasteiger partial charge in [0.15, 0.2) is 0 Å². The number of hydrogen-bond donors (Lipinski definition) is 0. The van der Waals surface area contributed by atoms with Crippen molar-refractivity contribution in [3.05, 3.63) is 16.1 Å². The van der Waals surface area contributed by atoms with Crippen LogP contribution in [0.4, 0.5) is 0 Å². The fourth-order valence-corrected chi connectivity index (χ4v) is 4.98. The second-order valence-corrected chi connectivity index (χ2v) is 8.72. The SMILES string of the molecule is Cc1nc(CN2C(=O)CCC23CCCN(CC2CC2)CC3)cs1. The highest BCUT2D eigenvalue weighted by molar-refractivity contribution is 7.09. The van der Waals surface area contributed by atoms with E-state index in [4.69, 9.17) is 0 Å². The van der Waals surface area contributed by atoms with Crippen LogP contribution in [0.5, 0.6) is 0 Å². The van der Waals surface area contributed by atoms with Gasteiger partial charge in [-0.05, 0) is 57.9 Å². The predicted molar refractivity (Wildman–Crippen MR) is 92.4 cm³/mol. The van der Waals surface area contributed by atoms with E-state index in [9.17, 15) is 4.79 Å². The number of rotatable bonds is 4. The summed E-state index contributed by atoms with van der Waals surface area (Å²) in [6.45, 7) is 6.42. The van der Waals surface area contributed by atoms with Crippen molar-refractivity contribution in [3.8, 4) is 0 Å². The molecule has 1 saturated carbocycles. The molecule has 3 fully saturated rings. The number of aryl methyl sites for hydroxylation is 1. The Morgan fingerprint density at radius 2 is 2.17 bits per heavy atom. The molecule has 1 atom stereocenters. The molecule has 3 aliphatic rings. The van der Waals surface area contributed by atoms with E-state index in [-0.39, 0.29) is 5.54 Å². The summed E-state index contributed by atoms with van der Waals surface area (Å²) >= 11 is 1.69. The molecule has 23 heavy (non-hydrogen) atoms. The Bertz CT molecular complexity index is 583. The molecule has 1 aromatic rings. The number of nitrogens with zero attached hydrogens (tertiary/aromatic N) is 3. The van der Waals surface area contributed by atoms with Gasteiger partial charge < -0.3 is 9.80 Å². The van der Waals surface area contributed by atoms with Crippen LogP contribution in [0.25, 0.3) is 0 Å². The number of likely N-dealkylation sites (tertiary alicyclic amines) is 2. The van der Waals surface area contributed by atoms with Gasteiger partial charge in [-0.1, -0.05) is 0 Å². The highest BCUT2D eigenvalue weighted by atomic mass is 32.1. The van der Waals surface area contributed by atoms with Crippen molar-refractivity contribution in [2.45, 2.75) is 64.0 Å². The monoisotopic (exact) mass is 333 g/mol. The molecule has 4 nitrogen and oxygen atoms in total. The quantitative estimate of drug-likeness (QED) is 0.849. The van der Waals surface area contributed by atoms with Crippen molar-refractivity contribution in [2.24, 2.45) is 5.92 Å². The maximum absolute atomic E-state index is 12.5. The summed E-state index contributed by atoms with van der Waals surface area (Å²) in [5.74, 6) is 1.30. The smallest absolute Gasteiger partial charge is 0.223 e. The molecular weight excluding hydrogens is 306 g/mol. The third kappa shape index (κ3) is 3.31.